The summed E-state index contributed by atoms with van der Waals surface area (Å²) in [6.45, 7) is 1.85. The molecule has 0 rings (SSSR count). The maximum atomic E-state index is 12.8. The number of aliphatic hydroxyl groups excluding tert-OH is 1. The summed E-state index contributed by atoms with van der Waals surface area (Å²) in [5.74, 6) is -2.27. The van der Waals surface area contributed by atoms with Crippen molar-refractivity contribution in [2.45, 2.75) is 89.5 Å². The minimum absolute atomic E-state index is 0.0196. The van der Waals surface area contributed by atoms with Crippen LogP contribution in [-0.4, -0.2) is 63.3 Å². The largest absolute Gasteiger partial charge is 0.481 e. The van der Waals surface area contributed by atoms with E-state index in [1.54, 1.807) is 0 Å². The van der Waals surface area contributed by atoms with Crippen LogP contribution in [0.4, 0.5) is 0 Å². The van der Waals surface area contributed by atoms with Crippen LogP contribution in [0.1, 0.15) is 84.0 Å². The number of carbonyl (C=O) groups excluding carboxylic acids is 1. The number of aliphatic hydroxyl groups is 1. The van der Waals surface area contributed by atoms with E-state index in [1.165, 1.54) is 24.2 Å². The second kappa shape index (κ2) is 15.3. The van der Waals surface area contributed by atoms with Gasteiger partial charge in [-0.3, -0.25) is 14.4 Å². The van der Waals surface area contributed by atoms with Gasteiger partial charge in [0.05, 0.1) is 12.1 Å². The van der Waals surface area contributed by atoms with Crippen molar-refractivity contribution in [3.05, 3.63) is 0 Å². The van der Waals surface area contributed by atoms with Crippen molar-refractivity contribution in [3.63, 3.8) is 0 Å². The van der Waals surface area contributed by atoms with E-state index in [-0.39, 0.29) is 57.7 Å². The van der Waals surface area contributed by atoms with Crippen molar-refractivity contribution in [2.24, 2.45) is 5.73 Å². The fourth-order valence-electron chi connectivity index (χ4n) is 3.48. The number of hydrogen-bond acceptors (Lipinski definition) is 5. The summed E-state index contributed by atoms with van der Waals surface area (Å²) in [7, 11) is 0. The molecular weight excluding hydrogens is 364 g/mol. The van der Waals surface area contributed by atoms with Crippen LogP contribution in [0.15, 0.2) is 0 Å². The molecular formula is C20H38N2O6. The molecule has 0 spiro atoms. The number of amides is 1. The number of aliphatic carboxylic acids is 2. The van der Waals surface area contributed by atoms with Crippen LogP contribution in [0, 0.1) is 0 Å². The molecule has 1 amide bonds. The molecule has 28 heavy (non-hydrogen) atoms. The summed E-state index contributed by atoms with van der Waals surface area (Å²) in [6, 6.07) is 0. The Labute approximate surface area is 168 Å². The van der Waals surface area contributed by atoms with Gasteiger partial charge in [-0.25, -0.2) is 0 Å². The first-order valence-electron chi connectivity index (χ1n) is 10.4. The molecule has 0 heterocycles. The molecule has 0 unspecified atom stereocenters. The highest BCUT2D eigenvalue weighted by Crippen LogP contribution is 2.28. The maximum Gasteiger partial charge on any atom is 0.303 e. The van der Waals surface area contributed by atoms with Crippen LogP contribution < -0.4 is 5.73 Å². The fourth-order valence-corrected chi connectivity index (χ4v) is 3.48. The summed E-state index contributed by atoms with van der Waals surface area (Å²) in [6.07, 6.45) is 7.43. The van der Waals surface area contributed by atoms with Crippen molar-refractivity contribution < 1.29 is 29.7 Å². The molecule has 0 saturated heterocycles. The number of unbranched alkanes of at least 4 members (excludes halogenated alkanes) is 6. The molecule has 5 N–H and O–H groups in total. The third-order valence-electron chi connectivity index (χ3n) is 5.18. The number of β-amino-alcohol motifs (C(OH)–C–C–N with tert-alkyl or cyclic N) is 1. The van der Waals surface area contributed by atoms with Gasteiger partial charge in [0, 0.05) is 32.4 Å². The maximum absolute atomic E-state index is 12.8. The first kappa shape index (κ1) is 26.3. The quantitative estimate of drug-likeness (QED) is 0.258. The van der Waals surface area contributed by atoms with Crippen LogP contribution >= 0.6 is 0 Å². The van der Waals surface area contributed by atoms with Crippen LogP contribution in [0.2, 0.25) is 0 Å². The van der Waals surface area contributed by atoms with Gasteiger partial charge in [0.25, 0.3) is 0 Å². The zero-order valence-electron chi connectivity index (χ0n) is 17.2. The van der Waals surface area contributed by atoms with E-state index in [2.05, 4.69) is 6.92 Å². The number of nitrogens with two attached hydrogens (primary N) is 1. The standard InChI is InChI=1S/C20H38N2O6/c1-2-3-4-5-6-7-8-9-17(24)22(14-15-23)20(16-21,12-10-18(25)26)13-11-19(27)28/h23H,2-16,21H2,1H3,(H,25,26)(H,27,28). The number of carboxylic acids is 2. The summed E-state index contributed by atoms with van der Waals surface area (Å²) < 4.78 is 0. The highest BCUT2D eigenvalue weighted by atomic mass is 16.4. The molecule has 0 bridgehead atoms. The molecule has 8 heteroatoms. The van der Waals surface area contributed by atoms with Gasteiger partial charge in [0.1, 0.15) is 0 Å². The Bertz CT molecular complexity index is 452. The number of hydrogen-bond donors (Lipinski definition) is 4. The third-order valence-corrected chi connectivity index (χ3v) is 5.18. The monoisotopic (exact) mass is 402 g/mol. The third kappa shape index (κ3) is 10.6. The molecule has 0 aliphatic heterocycles. The van der Waals surface area contributed by atoms with E-state index in [0.29, 0.717) is 6.42 Å². The van der Waals surface area contributed by atoms with Gasteiger partial charge in [0.2, 0.25) is 5.91 Å². The van der Waals surface area contributed by atoms with Gasteiger partial charge < -0.3 is 26.0 Å². The lowest BCUT2D eigenvalue weighted by Crippen LogP contribution is -2.57. The topological polar surface area (TPSA) is 141 Å². The number of carboxylic acid groups (broad SMARTS) is 2. The minimum Gasteiger partial charge on any atom is -0.481 e. The van der Waals surface area contributed by atoms with Gasteiger partial charge in [-0.15, -0.1) is 0 Å². The lowest BCUT2D eigenvalue weighted by Gasteiger charge is -2.43. The Morgan fingerprint density at radius 1 is 0.857 bits per heavy atom. The lowest BCUT2D eigenvalue weighted by molar-refractivity contribution is -0.145. The zero-order chi connectivity index (χ0) is 21.4. The van der Waals surface area contributed by atoms with E-state index in [1.807, 2.05) is 0 Å². The number of carbonyl (C=O) groups is 3. The SMILES string of the molecule is CCCCCCCCCC(=O)N(CCO)C(CN)(CCC(=O)O)CCC(=O)O. The van der Waals surface area contributed by atoms with Crippen LogP contribution in [-0.2, 0) is 14.4 Å². The van der Waals surface area contributed by atoms with Gasteiger partial charge in [-0.05, 0) is 19.3 Å². The molecule has 0 radical (unpaired) electrons. The second-order valence-corrected chi connectivity index (χ2v) is 7.36. The second-order valence-electron chi connectivity index (χ2n) is 7.36. The fraction of sp³-hybridized carbons (Fsp3) is 0.850. The van der Waals surface area contributed by atoms with E-state index in [4.69, 9.17) is 15.9 Å². The highest BCUT2D eigenvalue weighted by Gasteiger charge is 2.38. The molecule has 0 aromatic rings. The molecule has 0 saturated carbocycles. The zero-order valence-corrected chi connectivity index (χ0v) is 17.2. The Hall–Kier alpha value is -1.67. The molecule has 0 aliphatic rings. The Morgan fingerprint density at radius 3 is 1.79 bits per heavy atom. The Balaban J connectivity index is 5.01. The van der Waals surface area contributed by atoms with Crippen molar-refractivity contribution >= 4 is 17.8 Å². The average molecular weight is 403 g/mol. The van der Waals surface area contributed by atoms with Crippen molar-refractivity contribution in [1.29, 1.82) is 0 Å². The van der Waals surface area contributed by atoms with Crippen LogP contribution in [0.3, 0.4) is 0 Å². The van der Waals surface area contributed by atoms with Crippen LogP contribution in [0.25, 0.3) is 0 Å². The molecule has 8 nitrogen and oxygen atoms in total. The summed E-state index contributed by atoms with van der Waals surface area (Å²) >= 11 is 0. The minimum atomic E-state index is -1.07. The van der Waals surface area contributed by atoms with Crippen molar-refractivity contribution in [3.8, 4) is 0 Å². The summed E-state index contributed by atoms with van der Waals surface area (Å²) in [4.78, 5) is 36.4. The normalized spacial score (nSPS) is 11.4. The van der Waals surface area contributed by atoms with Crippen molar-refractivity contribution in [2.75, 3.05) is 19.7 Å². The predicted molar refractivity (Wildman–Crippen MR) is 107 cm³/mol. The Kier molecular flexibility index (Phi) is 14.4. The smallest absolute Gasteiger partial charge is 0.303 e. The van der Waals surface area contributed by atoms with Gasteiger partial charge in [-0.2, -0.15) is 0 Å². The molecule has 0 aliphatic carbocycles. The lowest BCUT2D eigenvalue weighted by atomic mass is 9.85. The number of rotatable bonds is 18. The first-order chi connectivity index (χ1) is 13.3. The molecule has 0 atom stereocenters. The van der Waals surface area contributed by atoms with E-state index < -0.39 is 17.5 Å². The van der Waals surface area contributed by atoms with Gasteiger partial charge in [0.15, 0.2) is 0 Å². The first-order valence-corrected chi connectivity index (χ1v) is 10.4. The highest BCUT2D eigenvalue weighted by molar-refractivity contribution is 5.77. The van der Waals surface area contributed by atoms with E-state index in [9.17, 15) is 19.5 Å². The number of nitrogens with zero attached hydrogens (tertiary/aromatic N) is 1. The summed E-state index contributed by atoms with van der Waals surface area (Å²) in [5.41, 5.74) is 4.84. The molecule has 0 aromatic heterocycles. The molecule has 164 valence electrons. The van der Waals surface area contributed by atoms with Crippen LogP contribution in [0.5, 0.6) is 0 Å². The summed E-state index contributed by atoms with van der Waals surface area (Å²) in [5, 5.41) is 27.5. The average Bonchev–Trinajstić information content (AvgIpc) is 2.66. The van der Waals surface area contributed by atoms with Crippen molar-refractivity contribution in [1.82, 2.24) is 4.90 Å². The molecule has 0 fully saturated rings. The van der Waals surface area contributed by atoms with Gasteiger partial charge >= 0.3 is 11.9 Å². The predicted octanol–water partition coefficient (Wildman–Crippen LogP) is 2.38. The van der Waals surface area contributed by atoms with E-state index >= 15 is 0 Å². The van der Waals surface area contributed by atoms with Gasteiger partial charge in [-0.1, -0.05) is 45.4 Å². The Morgan fingerprint density at radius 2 is 1.36 bits per heavy atom. The van der Waals surface area contributed by atoms with E-state index in [0.717, 1.165) is 19.3 Å². The molecule has 0 aromatic carbocycles.